The van der Waals surface area contributed by atoms with Gasteiger partial charge in [0, 0.05) is 6.61 Å². The molecule has 2 aromatic rings. The maximum Gasteiger partial charge on any atom is 0.0961 e. The lowest BCUT2D eigenvalue weighted by molar-refractivity contribution is 0.0553. The van der Waals surface area contributed by atoms with Crippen molar-refractivity contribution in [3.8, 4) is 0 Å². The van der Waals surface area contributed by atoms with Crippen LogP contribution in [0.4, 0.5) is 0 Å². The highest BCUT2D eigenvalue weighted by molar-refractivity contribution is 6.17. The summed E-state index contributed by atoms with van der Waals surface area (Å²) < 4.78 is 6.06. The molecule has 2 heteroatoms. The van der Waals surface area contributed by atoms with Crippen molar-refractivity contribution in [1.82, 2.24) is 0 Å². The first-order chi connectivity index (χ1) is 8.27. The maximum absolute atomic E-state index is 6.06. The van der Waals surface area contributed by atoms with E-state index < -0.39 is 0 Å². The van der Waals surface area contributed by atoms with Gasteiger partial charge in [0.05, 0.1) is 15.5 Å². The van der Waals surface area contributed by atoms with Gasteiger partial charge in [-0.05, 0) is 18.1 Å². The minimum absolute atomic E-state index is 0.225. The highest BCUT2D eigenvalue weighted by atomic mass is 28.1. The third-order valence-electron chi connectivity index (χ3n) is 3.08. The lowest BCUT2D eigenvalue weighted by Crippen LogP contribution is -2.31. The van der Waals surface area contributed by atoms with Crippen LogP contribution in [0.5, 0.6) is 0 Å². The first kappa shape index (κ1) is 12.1. The number of ether oxygens (including phenoxy) is 1. The Balaban J connectivity index is 2.47. The molecular weight excluding hydrogens is 224 g/mol. The molecule has 0 unspecified atom stereocenters. The number of hydrogen-bond donors (Lipinski definition) is 0. The van der Waals surface area contributed by atoms with Crippen molar-refractivity contribution in [1.29, 1.82) is 0 Å². The molecule has 0 saturated heterocycles. The molecule has 0 amide bonds. The van der Waals surface area contributed by atoms with E-state index in [9.17, 15) is 0 Å². The Hall–Kier alpha value is -1.38. The largest absolute Gasteiger partial charge is 0.371 e. The molecule has 2 aromatic carbocycles. The second-order valence-electron chi connectivity index (χ2n) is 4.20. The normalized spacial score (nSPS) is 11.6. The van der Waals surface area contributed by atoms with Crippen LogP contribution in [0.2, 0.25) is 0 Å². The van der Waals surface area contributed by atoms with Crippen molar-refractivity contribution in [3.05, 3.63) is 71.8 Å². The summed E-state index contributed by atoms with van der Waals surface area (Å²) in [6, 6.07) is 21.0. The predicted molar refractivity (Wildman–Crippen MR) is 75.2 cm³/mol. The third-order valence-corrected chi connectivity index (χ3v) is 4.53. The first-order valence-electron chi connectivity index (χ1n) is 6.02. The predicted octanol–water partition coefficient (Wildman–Crippen LogP) is 2.29. The smallest absolute Gasteiger partial charge is 0.0961 e. The fourth-order valence-electron chi connectivity index (χ4n) is 2.13. The minimum atomic E-state index is -0.225. The standard InChI is InChI=1S/C15H18OSi/c1-2-16-15(17,13-9-5-3-6-10-13)14-11-7-4-8-12-14/h3-12H,2H2,1,17H3. The van der Waals surface area contributed by atoms with Crippen molar-refractivity contribution < 1.29 is 4.74 Å². The first-order valence-corrected chi connectivity index (χ1v) is 7.02. The van der Waals surface area contributed by atoms with E-state index in [4.69, 9.17) is 4.74 Å². The van der Waals surface area contributed by atoms with E-state index in [0.29, 0.717) is 0 Å². The van der Waals surface area contributed by atoms with Gasteiger partial charge in [-0.15, -0.1) is 0 Å². The van der Waals surface area contributed by atoms with Crippen LogP contribution in [0, 0.1) is 0 Å². The van der Waals surface area contributed by atoms with E-state index in [0.717, 1.165) is 16.8 Å². The van der Waals surface area contributed by atoms with Crippen molar-refractivity contribution in [2.45, 2.75) is 12.1 Å². The van der Waals surface area contributed by atoms with E-state index in [-0.39, 0.29) is 5.22 Å². The third kappa shape index (κ3) is 2.48. The summed E-state index contributed by atoms with van der Waals surface area (Å²) in [5.41, 5.74) is 2.50. The van der Waals surface area contributed by atoms with Gasteiger partial charge in [0.2, 0.25) is 0 Å². The van der Waals surface area contributed by atoms with Crippen LogP contribution >= 0.6 is 0 Å². The Morgan fingerprint density at radius 2 is 1.29 bits per heavy atom. The van der Waals surface area contributed by atoms with Crippen molar-refractivity contribution >= 4 is 10.2 Å². The summed E-state index contributed by atoms with van der Waals surface area (Å²) >= 11 is 0. The van der Waals surface area contributed by atoms with E-state index in [2.05, 4.69) is 55.5 Å². The molecule has 0 atom stereocenters. The maximum atomic E-state index is 6.06. The average molecular weight is 242 g/mol. The van der Waals surface area contributed by atoms with Gasteiger partial charge in [-0.25, -0.2) is 0 Å². The molecule has 0 aliphatic carbocycles. The van der Waals surface area contributed by atoms with Gasteiger partial charge < -0.3 is 4.74 Å². The molecule has 0 aliphatic rings. The molecule has 17 heavy (non-hydrogen) atoms. The molecule has 0 N–H and O–H groups in total. The van der Waals surface area contributed by atoms with Crippen LogP contribution in [0.25, 0.3) is 0 Å². The Kier molecular flexibility index (Phi) is 3.77. The highest BCUT2D eigenvalue weighted by Gasteiger charge is 2.28. The Morgan fingerprint density at radius 1 is 0.882 bits per heavy atom. The molecule has 0 bridgehead atoms. The van der Waals surface area contributed by atoms with Crippen LogP contribution < -0.4 is 0 Å². The second-order valence-corrected chi connectivity index (χ2v) is 5.61. The molecule has 2 rings (SSSR count). The van der Waals surface area contributed by atoms with Crippen molar-refractivity contribution in [2.75, 3.05) is 6.61 Å². The number of rotatable bonds is 4. The molecule has 0 heterocycles. The molecule has 88 valence electrons. The molecule has 0 radical (unpaired) electrons. The zero-order valence-electron chi connectivity index (χ0n) is 10.4. The van der Waals surface area contributed by atoms with Gasteiger partial charge in [0.25, 0.3) is 0 Å². The van der Waals surface area contributed by atoms with Crippen LogP contribution in [0.3, 0.4) is 0 Å². The summed E-state index contributed by atoms with van der Waals surface area (Å²) in [5, 5.41) is -0.225. The highest BCUT2D eigenvalue weighted by Crippen LogP contribution is 2.30. The van der Waals surface area contributed by atoms with Gasteiger partial charge in [0.15, 0.2) is 0 Å². The van der Waals surface area contributed by atoms with E-state index in [1.807, 2.05) is 12.1 Å². The Morgan fingerprint density at radius 3 is 1.65 bits per heavy atom. The molecule has 0 saturated carbocycles. The fraction of sp³-hybridized carbons (Fsp3) is 0.200. The van der Waals surface area contributed by atoms with E-state index >= 15 is 0 Å². The zero-order valence-corrected chi connectivity index (χ0v) is 12.4. The average Bonchev–Trinajstić information content (AvgIpc) is 2.41. The fourth-order valence-corrected chi connectivity index (χ4v) is 3.09. The quantitative estimate of drug-likeness (QED) is 0.748. The summed E-state index contributed by atoms with van der Waals surface area (Å²) in [4.78, 5) is 0. The van der Waals surface area contributed by atoms with Crippen LogP contribution in [0.1, 0.15) is 18.1 Å². The molecule has 0 fully saturated rings. The van der Waals surface area contributed by atoms with Gasteiger partial charge >= 0.3 is 0 Å². The monoisotopic (exact) mass is 242 g/mol. The van der Waals surface area contributed by atoms with Gasteiger partial charge in [-0.2, -0.15) is 0 Å². The lowest BCUT2D eigenvalue weighted by atomic mass is 10.0. The second kappa shape index (κ2) is 5.30. The number of benzene rings is 2. The lowest BCUT2D eigenvalue weighted by Gasteiger charge is -2.31. The molecule has 1 nitrogen and oxygen atoms in total. The zero-order chi connectivity index (χ0) is 12.1. The molecule has 0 aliphatic heterocycles. The van der Waals surface area contributed by atoms with Crippen molar-refractivity contribution in [3.63, 3.8) is 0 Å². The summed E-state index contributed by atoms with van der Waals surface area (Å²) in [6.45, 7) is 2.78. The van der Waals surface area contributed by atoms with Gasteiger partial charge in [-0.1, -0.05) is 60.7 Å². The van der Waals surface area contributed by atoms with Gasteiger partial charge in [-0.3, -0.25) is 0 Å². The SMILES string of the molecule is CCOC([SiH3])(c1ccccc1)c1ccccc1. The topological polar surface area (TPSA) is 9.23 Å². The van der Waals surface area contributed by atoms with Crippen LogP contribution in [-0.4, -0.2) is 16.8 Å². The Labute approximate surface area is 106 Å². The van der Waals surface area contributed by atoms with E-state index in [1.165, 1.54) is 11.1 Å². The summed E-state index contributed by atoms with van der Waals surface area (Å²) in [7, 11) is 0.931. The summed E-state index contributed by atoms with van der Waals surface area (Å²) in [5.74, 6) is 0. The van der Waals surface area contributed by atoms with E-state index in [1.54, 1.807) is 0 Å². The summed E-state index contributed by atoms with van der Waals surface area (Å²) in [6.07, 6.45) is 0. The Bertz CT molecular complexity index is 413. The van der Waals surface area contributed by atoms with Crippen LogP contribution in [0.15, 0.2) is 60.7 Å². The molecule has 0 aromatic heterocycles. The molecule has 0 spiro atoms. The number of hydrogen-bond acceptors (Lipinski definition) is 1. The molecular formula is C15H18OSi. The van der Waals surface area contributed by atoms with Gasteiger partial charge in [0.1, 0.15) is 0 Å². The van der Waals surface area contributed by atoms with Crippen LogP contribution in [-0.2, 0) is 9.96 Å². The van der Waals surface area contributed by atoms with Crippen molar-refractivity contribution in [2.24, 2.45) is 0 Å². The minimum Gasteiger partial charge on any atom is -0.371 e.